The molecule has 0 aromatic heterocycles. The van der Waals surface area contributed by atoms with Crippen LogP contribution in [-0.2, 0) is 14.8 Å². The highest BCUT2D eigenvalue weighted by atomic mass is 32.2. The Labute approximate surface area is 165 Å². The van der Waals surface area contributed by atoms with E-state index in [1.807, 2.05) is 32.0 Å². The summed E-state index contributed by atoms with van der Waals surface area (Å²) in [6, 6.07) is 10.6. The minimum Gasteiger partial charge on any atom is -0.315 e. The van der Waals surface area contributed by atoms with Crippen LogP contribution in [0.15, 0.2) is 47.4 Å². The molecule has 1 saturated heterocycles. The van der Waals surface area contributed by atoms with Crippen molar-refractivity contribution in [3.63, 3.8) is 0 Å². The molecule has 0 saturated carbocycles. The summed E-state index contributed by atoms with van der Waals surface area (Å²) in [5, 5.41) is 0. The average molecular weight is 405 g/mol. The van der Waals surface area contributed by atoms with Crippen LogP contribution in [0.5, 0.6) is 0 Å². The summed E-state index contributed by atoms with van der Waals surface area (Å²) in [7, 11) is -2.03. The maximum Gasteiger partial charge on any atom is 0.243 e. The third-order valence-electron chi connectivity index (χ3n) is 5.39. The number of benzene rings is 2. The fourth-order valence-electron chi connectivity index (χ4n) is 3.45. The number of rotatable bonds is 4. The molecule has 0 radical (unpaired) electrons. The molecule has 28 heavy (non-hydrogen) atoms. The van der Waals surface area contributed by atoms with Gasteiger partial charge in [-0.05, 0) is 74.2 Å². The van der Waals surface area contributed by atoms with Gasteiger partial charge in [0.1, 0.15) is 5.82 Å². The van der Waals surface area contributed by atoms with Gasteiger partial charge in [-0.3, -0.25) is 4.79 Å². The van der Waals surface area contributed by atoms with Gasteiger partial charge >= 0.3 is 0 Å². The van der Waals surface area contributed by atoms with Crippen molar-refractivity contribution < 1.29 is 17.6 Å². The van der Waals surface area contributed by atoms with Crippen LogP contribution in [0.4, 0.5) is 10.1 Å². The number of amides is 1. The first kappa shape index (κ1) is 20.5. The number of halogens is 1. The second-order valence-electron chi connectivity index (χ2n) is 7.32. The van der Waals surface area contributed by atoms with Crippen LogP contribution >= 0.6 is 0 Å². The smallest absolute Gasteiger partial charge is 0.243 e. The standard InChI is InChI=1S/C21H25FN2O3S/c1-15-6-9-19(13-16(15)2)23(3)21(25)17-5-4-12-24(14-17)28(26,27)20-10-7-18(22)8-11-20/h6-11,13,17H,4-5,12,14H2,1-3H3/t17-/m1/s1. The summed E-state index contributed by atoms with van der Waals surface area (Å²) in [5.74, 6) is -0.987. The topological polar surface area (TPSA) is 57.7 Å². The van der Waals surface area contributed by atoms with Crippen LogP contribution < -0.4 is 4.90 Å². The quantitative estimate of drug-likeness (QED) is 0.784. The van der Waals surface area contributed by atoms with Crippen molar-refractivity contribution in [3.8, 4) is 0 Å². The van der Waals surface area contributed by atoms with E-state index >= 15 is 0 Å². The number of hydrogen-bond donors (Lipinski definition) is 0. The molecular formula is C21H25FN2O3S. The number of anilines is 1. The molecule has 1 aliphatic rings. The van der Waals surface area contributed by atoms with E-state index in [4.69, 9.17) is 0 Å². The third kappa shape index (κ3) is 4.10. The van der Waals surface area contributed by atoms with Gasteiger partial charge in [0.15, 0.2) is 0 Å². The maximum atomic E-state index is 13.1. The van der Waals surface area contributed by atoms with Gasteiger partial charge in [-0.15, -0.1) is 0 Å². The highest BCUT2D eigenvalue weighted by Crippen LogP contribution is 2.27. The van der Waals surface area contributed by atoms with Crippen LogP contribution in [0.3, 0.4) is 0 Å². The number of aryl methyl sites for hydroxylation is 2. The van der Waals surface area contributed by atoms with Crippen LogP contribution in [-0.4, -0.2) is 38.8 Å². The molecule has 1 heterocycles. The summed E-state index contributed by atoms with van der Waals surface area (Å²) in [6.07, 6.45) is 1.25. The molecule has 3 rings (SSSR count). The fraction of sp³-hybridized carbons (Fsp3) is 0.381. The molecule has 0 N–H and O–H groups in total. The summed E-state index contributed by atoms with van der Waals surface area (Å²) in [4.78, 5) is 14.7. The SMILES string of the molecule is Cc1ccc(N(C)C(=O)[C@@H]2CCCN(S(=O)(=O)c3ccc(F)cc3)C2)cc1C. The van der Waals surface area contributed by atoms with E-state index in [1.165, 1.54) is 16.4 Å². The van der Waals surface area contributed by atoms with Crippen molar-refractivity contribution in [3.05, 3.63) is 59.4 Å². The van der Waals surface area contributed by atoms with Gasteiger partial charge in [-0.25, -0.2) is 12.8 Å². The lowest BCUT2D eigenvalue weighted by Crippen LogP contribution is -2.46. The molecule has 0 spiro atoms. The molecule has 150 valence electrons. The van der Waals surface area contributed by atoms with Gasteiger partial charge in [0.2, 0.25) is 15.9 Å². The Bertz CT molecular complexity index is 974. The number of sulfonamides is 1. The highest BCUT2D eigenvalue weighted by Gasteiger charge is 2.34. The van der Waals surface area contributed by atoms with Crippen LogP contribution in [0, 0.1) is 25.6 Å². The molecule has 0 unspecified atom stereocenters. The minimum absolute atomic E-state index is 0.0458. The summed E-state index contributed by atoms with van der Waals surface area (Å²) >= 11 is 0. The third-order valence-corrected chi connectivity index (χ3v) is 7.27. The van der Waals surface area contributed by atoms with Gasteiger partial charge in [0.05, 0.1) is 10.8 Å². The normalized spacial score (nSPS) is 18.1. The van der Waals surface area contributed by atoms with E-state index in [-0.39, 0.29) is 17.3 Å². The Kier molecular flexibility index (Phi) is 5.86. The predicted molar refractivity (Wildman–Crippen MR) is 107 cm³/mol. The zero-order valence-corrected chi connectivity index (χ0v) is 17.2. The first-order chi connectivity index (χ1) is 13.2. The Morgan fingerprint density at radius 3 is 2.43 bits per heavy atom. The van der Waals surface area contributed by atoms with Gasteiger partial charge in [-0.2, -0.15) is 4.31 Å². The Balaban J connectivity index is 1.77. The molecule has 1 fully saturated rings. The fourth-order valence-corrected chi connectivity index (χ4v) is 4.98. The van der Waals surface area contributed by atoms with Crippen molar-refractivity contribution in [2.75, 3.05) is 25.0 Å². The highest BCUT2D eigenvalue weighted by molar-refractivity contribution is 7.89. The predicted octanol–water partition coefficient (Wildman–Crippen LogP) is 3.51. The Morgan fingerprint density at radius 2 is 1.79 bits per heavy atom. The lowest BCUT2D eigenvalue weighted by Gasteiger charge is -2.33. The number of carbonyl (C=O) groups is 1. The molecule has 2 aromatic rings. The average Bonchev–Trinajstić information content (AvgIpc) is 2.69. The van der Waals surface area contributed by atoms with Gasteiger partial charge in [-0.1, -0.05) is 6.07 Å². The number of piperidine rings is 1. The molecule has 0 aliphatic carbocycles. The number of nitrogens with zero attached hydrogens (tertiary/aromatic N) is 2. The Morgan fingerprint density at radius 1 is 1.11 bits per heavy atom. The van der Waals surface area contributed by atoms with Crippen LogP contribution in [0.1, 0.15) is 24.0 Å². The van der Waals surface area contributed by atoms with Crippen molar-refractivity contribution in [2.24, 2.45) is 5.92 Å². The number of carbonyl (C=O) groups excluding carboxylic acids is 1. The van der Waals surface area contributed by atoms with E-state index < -0.39 is 21.8 Å². The molecule has 0 bridgehead atoms. The van der Waals surface area contributed by atoms with E-state index in [0.717, 1.165) is 28.9 Å². The van der Waals surface area contributed by atoms with E-state index in [1.54, 1.807) is 11.9 Å². The largest absolute Gasteiger partial charge is 0.315 e. The molecule has 2 aromatic carbocycles. The maximum absolute atomic E-state index is 13.1. The van der Waals surface area contributed by atoms with E-state index in [0.29, 0.717) is 19.4 Å². The lowest BCUT2D eigenvalue weighted by atomic mass is 9.98. The van der Waals surface area contributed by atoms with Crippen LogP contribution in [0.25, 0.3) is 0 Å². The summed E-state index contributed by atoms with van der Waals surface area (Å²) < 4.78 is 40.2. The summed E-state index contributed by atoms with van der Waals surface area (Å²) in [6.45, 7) is 4.50. The van der Waals surface area contributed by atoms with E-state index in [2.05, 4.69) is 0 Å². The zero-order valence-electron chi connectivity index (χ0n) is 16.4. The summed E-state index contributed by atoms with van der Waals surface area (Å²) in [5.41, 5.74) is 3.05. The lowest BCUT2D eigenvalue weighted by molar-refractivity contribution is -0.123. The second kappa shape index (κ2) is 8.01. The minimum atomic E-state index is -3.75. The van der Waals surface area contributed by atoms with Crippen LogP contribution in [0.2, 0.25) is 0 Å². The molecule has 1 amide bonds. The molecule has 7 heteroatoms. The molecular weight excluding hydrogens is 379 g/mol. The molecule has 1 atom stereocenters. The second-order valence-corrected chi connectivity index (χ2v) is 9.26. The van der Waals surface area contributed by atoms with Gasteiger partial charge in [0.25, 0.3) is 0 Å². The van der Waals surface area contributed by atoms with Crippen molar-refractivity contribution in [2.45, 2.75) is 31.6 Å². The van der Waals surface area contributed by atoms with Gasteiger partial charge in [0, 0.05) is 25.8 Å². The first-order valence-electron chi connectivity index (χ1n) is 9.30. The van der Waals surface area contributed by atoms with Crippen molar-refractivity contribution in [1.29, 1.82) is 0 Å². The van der Waals surface area contributed by atoms with Crippen molar-refractivity contribution in [1.82, 2.24) is 4.31 Å². The van der Waals surface area contributed by atoms with E-state index in [9.17, 15) is 17.6 Å². The Hall–Kier alpha value is -2.25. The molecule has 5 nitrogen and oxygen atoms in total. The molecule has 1 aliphatic heterocycles. The number of hydrogen-bond acceptors (Lipinski definition) is 3. The van der Waals surface area contributed by atoms with Gasteiger partial charge < -0.3 is 4.90 Å². The first-order valence-corrected chi connectivity index (χ1v) is 10.7. The monoisotopic (exact) mass is 404 g/mol. The van der Waals surface area contributed by atoms with Crippen molar-refractivity contribution >= 4 is 21.6 Å². The zero-order chi connectivity index (χ0) is 20.5.